The van der Waals surface area contributed by atoms with Crippen LogP contribution >= 0.6 is 0 Å². The highest BCUT2D eigenvalue weighted by molar-refractivity contribution is 7.89. The maximum atomic E-state index is 12.7. The molecule has 0 radical (unpaired) electrons. The molecule has 3 rings (SSSR count). The quantitative estimate of drug-likeness (QED) is 0.605. The minimum absolute atomic E-state index is 0.0788. The van der Waals surface area contributed by atoms with Gasteiger partial charge in [-0.25, -0.2) is 12.7 Å². The zero-order chi connectivity index (χ0) is 21.7. The number of sulfonamides is 1. The van der Waals surface area contributed by atoms with E-state index in [2.05, 4.69) is 11.0 Å². The predicted octanol–water partition coefficient (Wildman–Crippen LogP) is 2.07. The summed E-state index contributed by atoms with van der Waals surface area (Å²) in [4.78, 5) is 2.25. The zero-order valence-electron chi connectivity index (χ0n) is 17.9. The third-order valence-electron chi connectivity index (χ3n) is 6.37. The molecule has 0 amide bonds. The molecule has 0 spiro atoms. The van der Waals surface area contributed by atoms with Crippen LogP contribution in [0.4, 0.5) is 0 Å². The van der Waals surface area contributed by atoms with E-state index in [1.165, 1.54) is 0 Å². The zero-order valence-corrected chi connectivity index (χ0v) is 18.7. The van der Waals surface area contributed by atoms with Crippen LogP contribution in [0.2, 0.25) is 0 Å². The molecule has 30 heavy (non-hydrogen) atoms. The molecule has 7 nitrogen and oxygen atoms in total. The summed E-state index contributed by atoms with van der Waals surface area (Å²) < 4.78 is 32.6. The van der Waals surface area contributed by atoms with Crippen molar-refractivity contribution in [3.8, 4) is 11.8 Å². The molecule has 3 unspecified atom stereocenters. The highest BCUT2D eigenvalue weighted by atomic mass is 32.2. The Morgan fingerprint density at radius 2 is 1.90 bits per heavy atom. The van der Waals surface area contributed by atoms with Gasteiger partial charge in [-0.2, -0.15) is 5.26 Å². The van der Waals surface area contributed by atoms with Crippen molar-refractivity contribution in [2.45, 2.75) is 44.8 Å². The number of aliphatic hydroxyl groups excluding tert-OH is 1. The Morgan fingerprint density at radius 1 is 1.27 bits per heavy atom. The summed E-state index contributed by atoms with van der Waals surface area (Å²) in [6.45, 7) is 4.33. The van der Waals surface area contributed by atoms with Crippen LogP contribution in [0.3, 0.4) is 0 Å². The van der Waals surface area contributed by atoms with Crippen LogP contribution in [0, 0.1) is 23.2 Å². The summed E-state index contributed by atoms with van der Waals surface area (Å²) in [5.41, 5.74) is 0.572. The number of benzene rings is 1. The molecule has 2 fully saturated rings. The van der Waals surface area contributed by atoms with Crippen LogP contribution < -0.4 is 4.74 Å². The maximum Gasteiger partial charge on any atom is 0.214 e. The molecule has 3 atom stereocenters. The van der Waals surface area contributed by atoms with Crippen LogP contribution in [0.15, 0.2) is 24.3 Å². The van der Waals surface area contributed by atoms with Crippen molar-refractivity contribution in [1.29, 1.82) is 5.26 Å². The van der Waals surface area contributed by atoms with E-state index in [0.717, 1.165) is 32.4 Å². The standard InChI is InChI=1S/C22H33N3O4S/c1-3-4-11-30(27,28)24(2)22-18-7-8-19(22)14-25(13-18)15-20(26)16-29-21-9-5-17(12-23)6-10-21/h5-6,9-10,18-20,22,26H,3-4,7-8,11,13-16H2,1-2H3. The third kappa shape index (κ3) is 5.52. The van der Waals surface area contributed by atoms with E-state index < -0.39 is 16.1 Å². The van der Waals surface area contributed by atoms with Gasteiger partial charge >= 0.3 is 0 Å². The van der Waals surface area contributed by atoms with Crippen molar-refractivity contribution in [1.82, 2.24) is 9.21 Å². The van der Waals surface area contributed by atoms with Crippen molar-refractivity contribution in [2.75, 3.05) is 39.0 Å². The van der Waals surface area contributed by atoms with E-state index in [9.17, 15) is 13.5 Å². The van der Waals surface area contributed by atoms with Gasteiger partial charge in [-0.1, -0.05) is 13.3 Å². The number of hydrogen-bond acceptors (Lipinski definition) is 6. The van der Waals surface area contributed by atoms with Crippen molar-refractivity contribution < 1.29 is 18.3 Å². The largest absolute Gasteiger partial charge is 0.491 e. The van der Waals surface area contributed by atoms with E-state index in [1.807, 2.05) is 6.92 Å². The van der Waals surface area contributed by atoms with Crippen LogP contribution in [0.1, 0.15) is 38.2 Å². The smallest absolute Gasteiger partial charge is 0.214 e. The van der Waals surface area contributed by atoms with Crippen LogP contribution in [-0.2, 0) is 10.0 Å². The third-order valence-corrected chi connectivity index (χ3v) is 8.29. The first-order valence-electron chi connectivity index (χ1n) is 10.8. The summed E-state index contributed by atoms with van der Waals surface area (Å²) in [6, 6.07) is 8.98. The van der Waals surface area contributed by atoms with Crippen LogP contribution in [0.25, 0.3) is 0 Å². The number of nitriles is 1. The summed E-state index contributed by atoms with van der Waals surface area (Å²) in [7, 11) is -1.46. The average Bonchev–Trinajstić information content (AvgIpc) is 3.00. The normalized spacial score (nSPS) is 25.2. The Kier molecular flexibility index (Phi) is 7.75. The fourth-order valence-electron chi connectivity index (χ4n) is 4.86. The fourth-order valence-corrected chi connectivity index (χ4v) is 6.52. The molecular formula is C22H33N3O4S. The molecule has 1 N–H and O–H groups in total. The minimum atomic E-state index is -3.21. The predicted molar refractivity (Wildman–Crippen MR) is 116 cm³/mol. The van der Waals surface area contributed by atoms with Gasteiger partial charge in [-0.3, -0.25) is 4.90 Å². The lowest BCUT2D eigenvalue weighted by Gasteiger charge is -2.42. The van der Waals surface area contributed by atoms with Crippen LogP contribution in [0.5, 0.6) is 5.75 Å². The monoisotopic (exact) mass is 435 g/mol. The van der Waals surface area contributed by atoms with Gasteiger partial charge in [0.1, 0.15) is 18.5 Å². The summed E-state index contributed by atoms with van der Waals surface area (Å²) >= 11 is 0. The number of nitrogens with zero attached hydrogens (tertiary/aromatic N) is 3. The number of β-amino-alcohol motifs (C(OH)–C–C–N with tert-alkyl or cyclic N) is 1. The molecule has 2 aliphatic rings. The van der Waals surface area contributed by atoms with Crippen molar-refractivity contribution in [3.05, 3.63) is 29.8 Å². The molecule has 1 aromatic carbocycles. The lowest BCUT2D eigenvalue weighted by molar-refractivity contribution is 0.0326. The molecule has 1 aliphatic heterocycles. The number of ether oxygens (including phenoxy) is 1. The number of fused-ring (bicyclic) bond motifs is 2. The minimum Gasteiger partial charge on any atom is -0.491 e. The average molecular weight is 436 g/mol. The van der Waals surface area contributed by atoms with Crippen molar-refractivity contribution >= 4 is 10.0 Å². The molecule has 1 aliphatic carbocycles. The van der Waals surface area contributed by atoms with E-state index in [0.29, 0.717) is 36.1 Å². The van der Waals surface area contributed by atoms with Gasteiger partial charge in [0.25, 0.3) is 0 Å². The van der Waals surface area contributed by atoms with Gasteiger partial charge in [0.05, 0.1) is 17.4 Å². The Labute approximate surface area is 180 Å². The molecular weight excluding hydrogens is 402 g/mol. The first-order valence-corrected chi connectivity index (χ1v) is 12.4. The van der Waals surface area contributed by atoms with Gasteiger partial charge in [0.2, 0.25) is 10.0 Å². The molecule has 1 saturated heterocycles. The van der Waals surface area contributed by atoms with Crippen molar-refractivity contribution in [3.63, 3.8) is 0 Å². The van der Waals surface area contributed by atoms with Gasteiger partial charge in [0, 0.05) is 32.7 Å². The maximum absolute atomic E-state index is 12.7. The van der Waals surface area contributed by atoms with Gasteiger partial charge in [0.15, 0.2) is 0 Å². The van der Waals surface area contributed by atoms with Gasteiger partial charge in [-0.05, 0) is 55.4 Å². The second-order valence-electron chi connectivity index (χ2n) is 8.59. The number of unbranched alkanes of at least 4 members (excludes halogenated alkanes) is 1. The summed E-state index contributed by atoms with van der Waals surface area (Å²) in [6.07, 6.45) is 3.03. The Morgan fingerprint density at radius 3 is 2.47 bits per heavy atom. The Balaban J connectivity index is 1.50. The molecule has 166 valence electrons. The Hall–Kier alpha value is -1.66. The molecule has 1 aromatic rings. The first kappa shape index (κ1) is 23.0. The van der Waals surface area contributed by atoms with Crippen molar-refractivity contribution in [2.24, 2.45) is 11.8 Å². The summed E-state index contributed by atoms with van der Waals surface area (Å²) in [5, 5.41) is 19.3. The van der Waals surface area contributed by atoms with E-state index in [1.54, 1.807) is 35.6 Å². The SMILES string of the molecule is CCCCS(=O)(=O)N(C)C1C2CCC1CN(CC(O)COc1ccc(C#N)cc1)C2. The molecule has 1 heterocycles. The molecule has 0 aromatic heterocycles. The lowest BCUT2D eigenvalue weighted by atomic mass is 9.92. The number of likely N-dealkylation sites (tertiary alicyclic amines) is 1. The highest BCUT2D eigenvalue weighted by Gasteiger charge is 2.46. The number of piperidine rings is 1. The number of rotatable bonds is 10. The topological polar surface area (TPSA) is 93.9 Å². The number of hydrogen-bond donors (Lipinski definition) is 1. The fraction of sp³-hybridized carbons (Fsp3) is 0.682. The molecule has 8 heteroatoms. The van der Waals surface area contributed by atoms with E-state index in [4.69, 9.17) is 10.00 Å². The van der Waals surface area contributed by atoms with Gasteiger partial charge < -0.3 is 9.84 Å². The number of aliphatic hydroxyl groups is 1. The highest BCUT2D eigenvalue weighted by Crippen LogP contribution is 2.40. The first-order chi connectivity index (χ1) is 14.3. The Bertz CT molecular complexity index is 823. The van der Waals surface area contributed by atoms with E-state index in [-0.39, 0.29) is 18.4 Å². The molecule has 1 saturated carbocycles. The van der Waals surface area contributed by atoms with Crippen LogP contribution in [-0.4, -0.2) is 73.9 Å². The van der Waals surface area contributed by atoms with E-state index >= 15 is 0 Å². The molecule has 2 bridgehead atoms. The van der Waals surface area contributed by atoms with Gasteiger partial charge in [-0.15, -0.1) is 0 Å². The second kappa shape index (κ2) is 10.1. The second-order valence-corrected chi connectivity index (χ2v) is 10.7. The lowest BCUT2D eigenvalue weighted by Crippen LogP contribution is -2.54. The summed E-state index contributed by atoms with van der Waals surface area (Å²) in [5.74, 6) is 1.49.